The number of nitrogens with one attached hydrogen (secondary N) is 1. The molecule has 2 heterocycles. The average Bonchev–Trinajstić information content (AvgIpc) is 3.04. The summed E-state index contributed by atoms with van der Waals surface area (Å²) in [6.45, 7) is 6.07. The van der Waals surface area contributed by atoms with Crippen LogP contribution in [0.25, 0.3) is 0 Å². The standard InChI is InChI=1S/C14H21ClN4O/c1-3-7-16-11(12-5-6-13(15)20-12)9-14-17-10-18-19(14)8-4-2/h5-6,10-11,16H,3-4,7-9H2,1-2H3. The van der Waals surface area contributed by atoms with Crippen molar-refractivity contribution < 1.29 is 4.42 Å². The van der Waals surface area contributed by atoms with Gasteiger partial charge in [-0.05, 0) is 43.1 Å². The fourth-order valence-electron chi connectivity index (χ4n) is 2.13. The average molecular weight is 297 g/mol. The van der Waals surface area contributed by atoms with Crippen LogP contribution in [-0.2, 0) is 13.0 Å². The molecule has 0 aliphatic heterocycles. The number of aryl methyl sites for hydroxylation is 1. The van der Waals surface area contributed by atoms with Crippen LogP contribution in [0.15, 0.2) is 22.9 Å². The highest BCUT2D eigenvalue weighted by molar-refractivity contribution is 6.28. The van der Waals surface area contributed by atoms with Gasteiger partial charge in [-0.2, -0.15) is 5.10 Å². The first-order valence-electron chi connectivity index (χ1n) is 7.09. The van der Waals surface area contributed by atoms with E-state index in [1.165, 1.54) is 0 Å². The van der Waals surface area contributed by atoms with E-state index in [1.807, 2.05) is 10.7 Å². The number of nitrogens with zero attached hydrogens (tertiary/aromatic N) is 3. The van der Waals surface area contributed by atoms with E-state index in [-0.39, 0.29) is 6.04 Å². The smallest absolute Gasteiger partial charge is 0.193 e. The lowest BCUT2D eigenvalue weighted by molar-refractivity contribution is 0.399. The molecule has 20 heavy (non-hydrogen) atoms. The molecular formula is C14H21ClN4O. The van der Waals surface area contributed by atoms with Gasteiger partial charge < -0.3 is 9.73 Å². The Morgan fingerprint density at radius 2 is 2.20 bits per heavy atom. The van der Waals surface area contributed by atoms with Crippen molar-refractivity contribution in [3.05, 3.63) is 35.3 Å². The van der Waals surface area contributed by atoms with Gasteiger partial charge in [0.15, 0.2) is 5.22 Å². The van der Waals surface area contributed by atoms with Gasteiger partial charge in [0.2, 0.25) is 0 Å². The molecule has 1 atom stereocenters. The SMILES string of the molecule is CCCNC(Cc1ncnn1CCC)c1ccc(Cl)o1. The van der Waals surface area contributed by atoms with Crippen molar-refractivity contribution in [1.82, 2.24) is 20.1 Å². The Labute approximate surface area is 124 Å². The molecule has 110 valence electrons. The first kappa shape index (κ1) is 15.1. The zero-order chi connectivity index (χ0) is 14.4. The molecule has 2 rings (SSSR count). The lowest BCUT2D eigenvalue weighted by Crippen LogP contribution is -2.25. The van der Waals surface area contributed by atoms with Crippen LogP contribution in [0.2, 0.25) is 5.22 Å². The van der Waals surface area contributed by atoms with Gasteiger partial charge in [-0.25, -0.2) is 4.98 Å². The number of hydrogen-bond donors (Lipinski definition) is 1. The summed E-state index contributed by atoms with van der Waals surface area (Å²) in [6, 6.07) is 3.76. The molecule has 0 aliphatic rings. The summed E-state index contributed by atoms with van der Waals surface area (Å²) in [7, 11) is 0. The molecule has 0 saturated heterocycles. The summed E-state index contributed by atoms with van der Waals surface area (Å²) in [5.74, 6) is 1.81. The Kier molecular flexibility index (Phi) is 5.61. The molecule has 0 aliphatic carbocycles. The van der Waals surface area contributed by atoms with E-state index in [2.05, 4.69) is 29.2 Å². The minimum atomic E-state index is 0.0715. The highest BCUT2D eigenvalue weighted by Gasteiger charge is 2.18. The van der Waals surface area contributed by atoms with E-state index >= 15 is 0 Å². The Balaban J connectivity index is 2.12. The van der Waals surface area contributed by atoms with Crippen LogP contribution in [0.1, 0.15) is 44.3 Å². The number of rotatable bonds is 8. The van der Waals surface area contributed by atoms with E-state index in [9.17, 15) is 0 Å². The lowest BCUT2D eigenvalue weighted by Gasteiger charge is -2.16. The minimum absolute atomic E-state index is 0.0715. The maximum atomic E-state index is 5.87. The molecule has 2 aromatic rings. The third-order valence-electron chi connectivity index (χ3n) is 3.10. The maximum absolute atomic E-state index is 5.87. The minimum Gasteiger partial charge on any atom is -0.448 e. The fourth-order valence-corrected chi connectivity index (χ4v) is 2.29. The third kappa shape index (κ3) is 3.84. The van der Waals surface area contributed by atoms with Gasteiger partial charge in [-0.1, -0.05) is 13.8 Å². The Bertz CT molecular complexity index is 523. The van der Waals surface area contributed by atoms with Crippen molar-refractivity contribution in [2.75, 3.05) is 6.54 Å². The van der Waals surface area contributed by atoms with Crippen LogP contribution < -0.4 is 5.32 Å². The van der Waals surface area contributed by atoms with Crippen LogP contribution in [-0.4, -0.2) is 21.3 Å². The van der Waals surface area contributed by atoms with E-state index in [0.717, 1.165) is 43.9 Å². The molecule has 1 N–H and O–H groups in total. The number of furan rings is 1. The van der Waals surface area contributed by atoms with Crippen LogP contribution in [0.5, 0.6) is 0 Å². The second-order valence-corrected chi connectivity index (χ2v) is 5.12. The highest BCUT2D eigenvalue weighted by Crippen LogP contribution is 2.22. The molecule has 0 bridgehead atoms. The number of hydrogen-bond acceptors (Lipinski definition) is 4. The molecule has 0 amide bonds. The molecule has 2 aromatic heterocycles. The van der Waals surface area contributed by atoms with Gasteiger partial charge in [0.1, 0.15) is 17.9 Å². The Morgan fingerprint density at radius 3 is 2.85 bits per heavy atom. The van der Waals surface area contributed by atoms with E-state index in [4.69, 9.17) is 16.0 Å². The molecular weight excluding hydrogens is 276 g/mol. The van der Waals surface area contributed by atoms with Crippen molar-refractivity contribution in [2.24, 2.45) is 0 Å². The van der Waals surface area contributed by atoms with Crippen LogP contribution in [0.4, 0.5) is 0 Å². The van der Waals surface area contributed by atoms with Crippen molar-refractivity contribution in [1.29, 1.82) is 0 Å². The molecule has 0 spiro atoms. The fraction of sp³-hybridized carbons (Fsp3) is 0.571. The normalized spacial score (nSPS) is 12.8. The van der Waals surface area contributed by atoms with Gasteiger partial charge in [0.05, 0.1) is 6.04 Å². The van der Waals surface area contributed by atoms with Gasteiger partial charge >= 0.3 is 0 Å². The summed E-state index contributed by atoms with van der Waals surface area (Å²) in [4.78, 5) is 4.35. The summed E-state index contributed by atoms with van der Waals surface area (Å²) >= 11 is 5.87. The van der Waals surface area contributed by atoms with Crippen LogP contribution in [0.3, 0.4) is 0 Å². The van der Waals surface area contributed by atoms with E-state index in [0.29, 0.717) is 5.22 Å². The second kappa shape index (κ2) is 7.45. The largest absolute Gasteiger partial charge is 0.448 e. The first-order valence-corrected chi connectivity index (χ1v) is 7.47. The van der Waals surface area contributed by atoms with Gasteiger partial charge in [-0.3, -0.25) is 4.68 Å². The van der Waals surface area contributed by atoms with E-state index in [1.54, 1.807) is 12.4 Å². The number of halogens is 1. The van der Waals surface area contributed by atoms with Gasteiger partial charge in [0, 0.05) is 13.0 Å². The van der Waals surface area contributed by atoms with Crippen LogP contribution >= 0.6 is 11.6 Å². The molecule has 5 nitrogen and oxygen atoms in total. The Morgan fingerprint density at radius 1 is 1.35 bits per heavy atom. The second-order valence-electron chi connectivity index (χ2n) is 4.75. The summed E-state index contributed by atoms with van der Waals surface area (Å²) in [5, 5.41) is 8.15. The quantitative estimate of drug-likeness (QED) is 0.812. The third-order valence-corrected chi connectivity index (χ3v) is 3.30. The molecule has 1 unspecified atom stereocenters. The topological polar surface area (TPSA) is 55.9 Å². The van der Waals surface area contributed by atoms with Crippen molar-refractivity contribution in [3.8, 4) is 0 Å². The molecule has 0 fully saturated rings. The van der Waals surface area contributed by atoms with Crippen molar-refractivity contribution in [3.63, 3.8) is 0 Å². The molecule has 6 heteroatoms. The predicted octanol–water partition coefficient (Wildman–Crippen LogP) is 3.22. The lowest BCUT2D eigenvalue weighted by atomic mass is 10.1. The Hall–Kier alpha value is -1.33. The first-order chi connectivity index (χ1) is 9.74. The highest BCUT2D eigenvalue weighted by atomic mass is 35.5. The molecule has 0 aromatic carbocycles. The van der Waals surface area contributed by atoms with Gasteiger partial charge in [0.25, 0.3) is 0 Å². The monoisotopic (exact) mass is 296 g/mol. The van der Waals surface area contributed by atoms with E-state index < -0.39 is 0 Å². The maximum Gasteiger partial charge on any atom is 0.193 e. The summed E-state index contributed by atoms with van der Waals surface area (Å²) in [5.41, 5.74) is 0. The van der Waals surface area contributed by atoms with Gasteiger partial charge in [-0.15, -0.1) is 0 Å². The summed E-state index contributed by atoms with van der Waals surface area (Å²) < 4.78 is 7.49. The zero-order valence-corrected chi connectivity index (χ0v) is 12.7. The molecule has 0 radical (unpaired) electrons. The molecule has 0 saturated carbocycles. The van der Waals surface area contributed by atoms with Crippen molar-refractivity contribution in [2.45, 2.75) is 45.7 Å². The van der Waals surface area contributed by atoms with Crippen molar-refractivity contribution >= 4 is 11.6 Å². The van der Waals surface area contributed by atoms with Crippen LogP contribution in [0, 0.1) is 0 Å². The summed E-state index contributed by atoms with van der Waals surface area (Å²) in [6.07, 6.45) is 4.45. The zero-order valence-electron chi connectivity index (χ0n) is 12.0. The number of aromatic nitrogens is 3. The predicted molar refractivity (Wildman–Crippen MR) is 78.8 cm³/mol.